The number of hydrogen-bond acceptors (Lipinski definition) is 1. The number of fused-ring (bicyclic) bond motifs is 6. The van der Waals surface area contributed by atoms with Crippen LogP contribution in [0.5, 0.6) is 0 Å². The molecule has 0 fully saturated rings. The van der Waals surface area contributed by atoms with Gasteiger partial charge in [-0.3, -0.25) is 0 Å². The summed E-state index contributed by atoms with van der Waals surface area (Å²) in [5.41, 5.74) is 11.6. The Morgan fingerprint density at radius 2 is 0.775 bits per heavy atom. The zero-order chi connectivity index (χ0) is 47.1. The van der Waals surface area contributed by atoms with Crippen molar-refractivity contribution >= 4 is 89.2 Å². The van der Waals surface area contributed by atoms with Gasteiger partial charge in [0.05, 0.1) is 16.7 Å². The van der Waals surface area contributed by atoms with Crippen molar-refractivity contribution in [3.63, 3.8) is 0 Å². The Bertz CT molecular complexity index is 3920. The van der Waals surface area contributed by atoms with Crippen molar-refractivity contribution in [2.24, 2.45) is 0 Å². The van der Waals surface area contributed by atoms with Crippen LogP contribution in [0.1, 0.15) is 0 Å². The summed E-state index contributed by atoms with van der Waals surface area (Å²) >= 11 is 0. The molecule has 0 N–H and O–H groups in total. The van der Waals surface area contributed by atoms with Gasteiger partial charge in [0, 0.05) is 27.8 Å². The monoisotopic (exact) mass is 920 g/mol. The summed E-state index contributed by atoms with van der Waals surface area (Å²) in [7, 11) is -2.72. The Kier molecular flexibility index (Phi) is 10.6. The highest BCUT2D eigenvalue weighted by molar-refractivity contribution is 7.19. The van der Waals surface area contributed by atoms with Crippen molar-refractivity contribution < 1.29 is 0 Å². The summed E-state index contributed by atoms with van der Waals surface area (Å²) in [6, 6.07) is 107. The van der Waals surface area contributed by atoms with Crippen LogP contribution < -0.4 is 25.6 Å². The number of rotatable bonds is 10. The van der Waals surface area contributed by atoms with Gasteiger partial charge in [-0.15, -0.1) is 0 Å². The molecule has 13 aromatic rings. The van der Waals surface area contributed by atoms with Gasteiger partial charge in [-0.1, -0.05) is 231 Å². The number of para-hydroxylation sites is 2. The molecule has 0 aliphatic carbocycles. The molecular weight excluding hydrogens is 873 g/mol. The van der Waals surface area contributed by atoms with Crippen molar-refractivity contribution in [1.29, 1.82) is 0 Å². The third-order valence-electron chi connectivity index (χ3n) is 14.5. The van der Waals surface area contributed by atoms with E-state index in [2.05, 4.69) is 301 Å². The maximum absolute atomic E-state index is 2.72. The molecule has 0 saturated heterocycles. The first-order valence-electron chi connectivity index (χ1n) is 24.5. The lowest BCUT2D eigenvalue weighted by molar-refractivity contribution is 1.18. The molecule has 0 amide bonds. The molecule has 3 heteroatoms. The van der Waals surface area contributed by atoms with Gasteiger partial charge in [0.2, 0.25) is 0 Å². The molecule has 71 heavy (non-hydrogen) atoms. The lowest BCUT2D eigenvalue weighted by Gasteiger charge is -2.34. The third kappa shape index (κ3) is 7.17. The second-order valence-electron chi connectivity index (χ2n) is 18.4. The molecule has 334 valence electrons. The lowest BCUT2D eigenvalue weighted by atomic mass is 9.93. The lowest BCUT2D eigenvalue weighted by Crippen LogP contribution is -2.74. The minimum Gasteiger partial charge on any atom is -0.310 e. The second-order valence-corrected chi connectivity index (χ2v) is 22.2. The average Bonchev–Trinajstić information content (AvgIpc) is 3.80. The summed E-state index contributed by atoms with van der Waals surface area (Å²) < 4.78 is 2.40. The quantitative estimate of drug-likeness (QED) is 0.0754. The normalized spacial score (nSPS) is 11.7. The van der Waals surface area contributed by atoms with Crippen molar-refractivity contribution in [2.75, 3.05) is 4.90 Å². The number of aromatic nitrogens is 1. The van der Waals surface area contributed by atoms with Crippen LogP contribution in [-0.4, -0.2) is 12.6 Å². The molecule has 0 bridgehead atoms. The van der Waals surface area contributed by atoms with E-state index in [0.717, 1.165) is 28.3 Å². The Morgan fingerprint density at radius 3 is 1.41 bits per heavy atom. The Balaban J connectivity index is 0.975. The fourth-order valence-corrected chi connectivity index (χ4v) is 16.1. The van der Waals surface area contributed by atoms with E-state index in [4.69, 9.17) is 0 Å². The summed E-state index contributed by atoms with van der Waals surface area (Å²) in [6.07, 6.45) is 0. The molecule has 12 aromatic carbocycles. The van der Waals surface area contributed by atoms with Crippen LogP contribution in [-0.2, 0) is 0 Å². The van der Waals surface area contributed by atoms with Gasteiger partial charge < -0.3 is 9.47 Å². The summed E-state index contributed by atoms with van der Waals surface area (Å²) in [5, 5.41) is 12.9. The van der Waals surface area contributed by atoms with E-state index in [9.17, 15) is 0 Å². The number of benzene rings is 12. The van der Waals surface area contributed by atoms with Gasteiger partial charge in [0.15, 0.2) is 8.07 Å². The van der Waals surface area contributed by atoms with E-state index in [1.54, 1.807) is 0 Å². The minimum atomic E-state index is -2.72. The van der Waals surface area contributed by atoms with Gasteiger partial charge in [-0.05, 0) is 125 Å². The van der Waals surface area contributed by atoms with Crippen LogP contribution in [0.25, 0.3) is 71.3 Å². The molecular formula is C68H48N2Si. The van der Waals surface area contributed by atoms with E-state index in [-0.39, 0.29) is 0 Å². The van der Waals surface area contributed by atoms with Crippen LogP contribution in [0.4, 0.5) is 17.1 Å². The topological polar surface area (TPSA) is 8.17 Å². The predicted molar refractivity (Wildman–Crippen MR) is 305 cm³/mol. The standard InChI is InChI=1S/C68H48N2Si/c1-5-23-53(24-6-1)70-65-36-18-17-35-63(65)68-66(37-20-38-67(68)70)69(55-45-41-50(42-46-55)64-48-52-21-13-14-32-60(52)61-33-15-16-34-62(61)64)54-43-39-49(40-44-54)51-22-19-31-59(47-51)71(56-25-7-2-8-26-56,57-27-9-3-10-28-57)58-29-11-4-12-30-58/h1-48H. The van der Waals surface area contributed by atoms with E-state index in [1.807, 2.05) is 0 Å². The van der Waals surface area contributed by atoms with Crippen molar-refractivity contribution in [3.8, 4) is 27.9 Å². The predicted octanol–water partition coefficient (Wildman–Crippen LogP) is 15.3. The van der Waals surface area contributed by atoms with Crippen molar-refractivity contribution in [2.45, 2.75) is 0 Å². The highest BCUT2D eigenvalue weighted by atomic mass is 28.3. The molecule has 1 aromatic heterocycles. The van der Waals surface area contributed by atoms with Gasteiger partial charge in [-0.25, -0.2) is 0 Å². The van der Waals surface area contributed by atoms with Crippen LogP contribution in [0.3, 0.4) is 0 Å². The van der Waals surface area contributed by atoms with E-state index in [0.29, 0.717) is 0 Å². The molecule has 0 atom stereocenters. The minimum absolute atomic E-state index is 1.08. The molecule has 13 rings (SSSR count). The highest BCUT2D eigenvalue weighted by Crippen LogP contribution is 2.45. The molecule has 2 nitrogen and oxygen atoms in total. The van der Waals surface area contributed by atoms with Gasteiger partial charge in [0.1, 0.15) is 0 Å². The zero-order valence-electron chi connectivity index (χ0n) is 39.1. The van der Waals surface area contributed by atoms with Gasteiger partial charge >= 0.3 is 0 Å². The van der Waals surface area contributed by atoms with Gasteiger partial charge in [0.25, 0.3) is 0 Å². The summed E-state index contributed by atoms with van der Waals surface area (Å²) in [5.74, 6) is 0. The molecule has 1 heterocycles. The number of hydrogen-bond donors (Lipinski definition) is 0. The van der Waals surface area contributed by atoms with Crippen molar-refractivity contribution in [3.05, 3.63) is 291 Å². The van der Waals surface area contributed by atoms with Crippen LogP contribution in [0.2, 0.25) is 0 Å². The van der Waals surface area contributed by atoms with Crippen molar-refractivity contribution in [1.82, 2.24) is 4.57 Å². The first-order chi connectivity index (χ1) is 35.2. The fourth-order valence-electron chi connectivity index (χ4n) is 11.4. The number of nitrogens with zero attached hydrogens (tertiary/aromatic N) is 2. The first-order valence-corrected chi connectivity index (χ1v) is 26.5. The first kappa shape index (κ1) is 42.1. The molecule has 0 spiro atoms. The fraction of sp³-hybridized carbons (Fsp3) is 0. The molecule has 0 unspecified atom stereocenters. The van der Waals surface area contributed by atoms with E-state index >= 15 is 0 Å². The smallest absolute Gasteiger partial charge is 0.179 e. The largest absolute Gasteiger partial charge is 0.310 e. The molecule has 0 saturated carbocycles. The molecule has 0 radical (unpaired) electrons. The molecule has 0 aliphatic rings. The van der Waals surface area contributed by atoms with Crippen LogP contribution >= 0.6 is 0 Å². The third-order valence-corrected chi connectivity index (χ3v) is 19.3. The Labute approximate surface area is 415 Å². The van der Waals surface area contributed by atoms with E-state index in [1.165, 1.54) is 80.8 Å². The number of anilines is 3. The van der Waals surface area contributed by atoms with Gasteiger partial charge in [-0.2, -0.15) is 0 Å². The average molecular weight is 921 g/mol. The Morgan fingerprint density at radius 1 is 0.296 bits per heavy atom. The van der Waals surface area contributed by atoms with Crippen LogP contribution in [0, 0.1) is 0 Å². The van der Waals surface area contributed by atoms with E-state index < -0.39 is 8.07 Å². The SMILES string of the molecule is c1ccc(-n2c3ccccc3c3c(N(c4ccc(-c5cccc([Si](c6ccccc6)(c6ccccc6)c6ccccc6)c5)cc4)c4ccc(-c5cc6ccccc6c6ccccc56)cc4)cccc32)cc1. The summed E-state index contributed by atoms with van der Waals surface area (Å²) in [4.78, 5) is 2.45. The maximum Gasteiger partial charge on any atom is 0.179 e. The molecule has 0 aliphatic heterocycles. The van der Waals surface area contributed by atoms with Crippen LogP contribution in [0.15, 0.2) is 291 Å². The Hall–Kier alpha value is -9.02. The maximum atomic E-state index is 2.46. The highest BCUT2D eigenvalue weighted by Gasteiger charge is 2.41. The second kappa shape index (κ2) is 17.8. The summed E-state index contributed by atoms with van der Waals surface area (Å²) in [6.45, 7) is 0. The zero-order valence-corrected chi connectivity index (χ0v) is 40.1.